The second kappa shape index (κ2) is 10.1. The molecule has 0 aromatic rings. The average molecular weight is 129 g/mol. The molecule has 0 fully saturated rings. The molecule has 0 unspecified atom stereocenters. The molecule has 0 aliphatic carbocycles. The molecule has 0 saturated heterocycles. The zero-order valence-corrected chi connectivity index (χ0v) is 6.36. The number of hydrogen-bond acceptors (Lipinski definition) is 3. The standard InChI is InChI=1S/C4H9N3.C2H6/c1-4(2)6-7-5-3;1-2/h6-7H,1,3H2,2H3;1-2H3. The summed E-state index contributed by atoms with van der Waals surface area (Å²) in [7, 11) is 0. The van der Waals surface area contributed by atoms with Gasteiger partial charge >= 0.3 is 0 Å². The van der Waals surface area contributed by atoms with Crippen molar-refractivity contribution in [3.8, 4) is 0 Å². The van der Waals surface area contributed by atoms with Crippen molar-refractivity contribution in [3.63, 3.8) is 0 Å². The van der Waals surface area contributed by atoms with Crippen molar-refractivity contribution in [2.24, 2.45) is 5.10 Å². The van der Waals surface area contributed by atoms with E-state index in [4.69, 9.17) is 0 Å². The molecule has 3 heteroatoms. The van der Waals surface area contributed by atoms with Crippen LogP contribution in [0.15, 0.2) is 17.4 Å². The van der Waals surface area contributed by atoms with Crippen molar-refractivity contribution < 1.29 is 0 Å². The summed E-state index contributed by atoms with van der Waals surface area (Å²) in [6.45, 7) is 12.5. The Morgan fingerprint density at radius 1 is 1.44 bits per heavy atom. The summed E-state index contributed by atoms with van der Waals surface area (Å²) >= 11 is 0. The van der Waals surface area contributed by atoms with E-state index in [9.17, 15) is 0 Å². The topological polar surface area (TPSA) is 36.4 Å². The zero-order valence-electron chi connectivity index (χ0n) is 6.36. The summed E-state index contributed by atoms with van der Waals surface area (Å²) in [5.74, 6) is 0. The Labute approximate surface area is 56.8 Å². The average Bonchev–Trinajstić information content (AvgIpc) is 1.88. The van der Waals surface area contributed by atoms with Crippen LogP contribution >= 0.6 is 0 Å². The summed E-state index contributed by atoms with van der Waals surface area (Å²) in [6.07, 6.45) is 0. The fourth-order valence-electron chi connectivity index (χ4n) is 0.135. The maximum atomic E-state index is 3.53. The monoisotopic (exact) mass is 129 g/mol. The first-order valence-corrected chi connectivity index (χ1v) is 2.89. The smallest absolute Gasteiger partial charge is 0.0227 e. The molecule has 54 valence electrons. The minimum absolute atomic E-state index is 0.812. The van der Waals surface area contributed by atoms with Crippen LogP contribution in [0, 0.1) is 0 Å². The Balaban J connectivity index is 0. The highest BCUT2D eigenvalue weighted by molar-refractivity contribution is 5.22. The number of allylic oxidation sites excluding steroid dienone is 1. The molecule has 0 aromatic heterocycles. The lowest BCUT2D eigenvalue weighted by Gasteiger charge is -1.99. The van der Waals surface area contributed by atoms with Gasteiger partial charge in [0.25, 0.3) is 0 Å². The van der Waals surface area contributed by atoms with Gasteiger partial charge in [-0.05, 0) is 6.92 Å². The lowest BCUT2D eigenvalue weighted by molar-refractivity contribution is 0.641. The van der Waals surface area contributed by atoms with Crippen LogP contribution in [-0.4, -0.2) is 6.72 Å². The van der Waals surface area contributed by atoms with E-state index >= 15 is 0 Å². The van der Waals surface area contributed by atoms with E-state index in [1.54, 1.807) is 0 Å². The number of hydrazine groups is 1. The highest BCUT2D eigenvalue weighted by Crippen LogP contribution is 1.69. The second-order valence-electron chi connectivity index (χ2n) is 1.18. The second-order valence-corrected chi connectivity index (χ2v) is 1.18. The van der Waals surface area contributed by atoms with Gasteiger partial charge in [0.05, 0.1) is 0 Å². The zero-order chi connectivity index (χ0) is 7.70. The first kappa shape index (κ1) is 10.9. The van der Waals surface area contributed by atoms with E-state index in [1.807, 2.05) is 20.8 Å². The normalized spacial score (nSPS) is 6.11. The maximum absolute atomic E-state index is 3.53. The Bertz CT molecular complexity index is 78.4. The Morgan fingerprint density at radius 2 is 1.89 bits per heavy atom. The third kappa shape index (κ3) is 19.4. The molecule has 0 spiro atoms. The van der Waals surface area contributed by atoms with Crippen LogP contribution in [0.25, 0.3) is 0 Å². The van der Waals surface area contributed by atoms with Crippen molar-refractivity contribution in [2.75, 3.05) is 0 Å². The SMILES string of the molecule is C=NNNC(=C)C.CC. The molecule has 3 nitrogen and oxygen atoms in total. The number of nitrogens with one attached hydrogen (secondary N) is 2. The molecule has 0 bridgehead atoms. The minimum atomic E-state index is 0.812. The largest absolute Gasteiger partial charge is 0.290 e. The van der Waals surface area contributed by atoms with Gasteiger partial charge in [-0.3, -0.25) is 5.43 Å². The Hall–Kier alpha value is -0.990. The van der Waals surface area contributed by atoms with Gasteiger partial charge in [-0.1, -0.05) is 20.4 Å². The molecular formula is C6H15N3. The van der Waals surface area contributed by atoms with Gasteiger partial charge in [0.1, 0.15) is 0 Å². The van der Waals surface area contributed by atoms with Crippen LogP contribution in [0.5, 0.6) is 0 Å². The molecular weight excluding hydrogens is 114 g/mol. The lowest BCUT2D eigenvalue weighted by atomic mass is 10.6. The molecule has 0 amide bonds. The van der Waals surface area contributed by atoms with E-state index in [2.05, 4.69) is 29.4 Å². The highest BCUT2D eigenvalue weighted by atomic mass is 15.5. The fourth-order valence-corrected chi connectivity index (χ4v) is 0.135. The molecule has 0 aliphatic heterocycles. The first-order valence-electron chi connectivity index (χ1n) is 2.89. The van der Waals surface area contributed by atoms with Gasteiger partial charge in [0.15, 0.2) is 0 Å². The Kier molecular flexibility index (Phi) is 12.2. The maximum Gasteiger partial charge on any atom is 0.0227 e. The van der Waals surface area contributed by atoms with E-state index in [0.29, 0.717) is 0 Å². The van der Waals surface area contributed by atoms with Crippen molar-refractivity contribution in [1.82, 2.24) is 11.0 Å². The lowest BCUT2D eigenvalue weighted by Crippen LogP contribution is -2.23. The summed E-state index contributed by atoms with van der Waals surface area (Å²) < 4.78 is 0. The van der Waals surface area contributed by atoms with Crippen LogP contribution in [0.1, 0.15) is 20.8 Å². The van der Waals surface area contributed by atoms with E-state index < -0.39 is 0 Å². The number of hydrogen-bond donors (Lipinski definition) is 2. The van der Waals surface area contributed by atoms with Gasteiger partial charge < -0.3 is 0 Å². The third-order valence-electron chi connectivity index (χ3n) is 0.348. The first-order chi connectivity index (χ1) is 4.27. The Morgan fingerprint density at radius 3 is 2.00 bits per heavy atom. The number of rotatable bonds is 3. The van der Waals surface area contributed by atoms with Crippen LogP contribution in [-0.2, 0) is 0 Å². The number of hydrazone groups is 1. The van der Waals surface area contributed by atoms with Crippen LogP contribution in [0.4, 0.5) is 0 Å². The summed E-state index contributed by atoms with van der Waals surface area (Å²) in [4.78, 5) is 0. The molecule has 0 rings (SSSR count). The summed E-state index contributed by atoms with van der Waals surface area (Å²) in [5, 5.41) is 3.30. The van der Waals surface area contributed by atoms with E-state index in [-0.39, 0.29) is 0 Å². The molecule has 0 heterocycles. The van der Waals surface area contributed by atoms with E-state index in [0.717, 1.165) is 5.70 Å². The highest BCUT2D eigenvalue weighted by Gasteiger charge is 1.71. The molecule has 0 radical (unpaired) electrons. The van der Waals surface area contributed by atoms with Crippen LogP contribution < -0.4 is 11.0 Å². The number of nitrogens with zero attached hydrogens (tertiary/aromatic N) is 1. The molecule has 2 N–H and O–H groups in total. The molecule has 9 heavy (non-hydrogen) atoms. The predicted octanol–water partition coefficient (Wildman–Crippen LogP) is 1.26. The van der Waals surface area contributed by atoms with Crippen molar-refractivity contribution >= 4 is 6.72 Å². The van der Waals surface area contributed by atoms with Crippen molar-refractivity contribution in [3.05, 3.63) is 12.3 Å². The fraction of sp³-hybridized carbons (Fsp3) is 0.500. The molecule has 0 aliphatic rings. The van der Waals surface area contributed by atoms with Gasteiger partial charge in [-0.15, -0.1) is 0 Å². The summed E-state index contributed by atoms with van der Waals surface area (Å²) in [5.41, 5.74) is 5.85. The summed E-state index contributed by atoms with van der Waals surface area (Å²) in [6, 6.07) is 0. The van der Waals surface area contributed by atoms with Crippen molar-refractivity contribution in [2.45, 2.75) is 20.8 Å². The molecule has 0 atom stereocenters. The van der Waals surface area contributed by atoms with Crippen molar-refractivity contribution in [1.29, 1.82) is 0 Å². The minimum Gasteiger partial charge on any atom is -0.290 e. The van der Waals surface area contributed by atoms with Gasteiger partial charge in [0.2, 0.25) is 0 Å². The quantitative estimate of drug-likeness (QED) is 0.444. The third-order valence-corrected chi connectivity index (χ3v) is 0.348. The van der Waals surface area contributed by atoms with Crippen LogP contribution in [0.3, 0.4) is 0 Å². The molecule has 0 saturated carbocycles. The van der Waals surface area contributed by atoms with E-state index in [1.165, 1.54) is 0 Å². The van der Waals surface area contributed by atoms with Gasteiger partial charge in [0, 0.05) is 12.4 Å². The van der Waals surface area contributed by atoms with Crippen LogP contribution in [0.2, 0.25) is 0 Å². The molecule has 0 aromatic carbocycles. The van der Waals surface area contributed by atoms with Gasteiger partial charge in [-0.25, -0.2) is 5.53 Å². The predicted molar refractivity (Wildman–Crippen MR) is 42.0 cm³/mol. The van der Waals surface area contributed by atoms with Gasteiger partial charge in [-0.2, -0.15) is 5.10 Å².